The van der Waals surface area contributed by atoms with Gasteiger partial charge in [0.25, 0.3) is 11.8 Å². The zero-order chi connectivity index (χ0) is 30.9. The van der Waals surface area contributed by atoms with Gasteiger partial charge < -0.3 is 20.1 Å². The number of aromatic nitrogens is 3. The van der Waals surface area contributed by atoms with E-state index in [4.69, 9.17) is 0 Å². The van der Waals surface area contributed by atoms with Crippen molar-refractivity contribution in [3.63, 3.8) is 0 Å². The van der Waals surface area contributed by atoms with E-state index in [2.05, 4.69) is 39.6 Å². The van der Waals surface area contributed by atoms with E-state index in [1.807, 2.05) is 29.8 Å². The van der Waals surface area contributed by atoms with Crippen LogP contribution in [0.2, 0.25) is 0 Å². The fraction of sp³-hybridized carbons (Fsp3) is 0.438. The van der Waals surface area contributed by atoms with Gasteiger partial charge in [-0.15, -0.1) is 10.2 Å². The SMILES string of the molecule is CC#CC(=O)NCCCNC(C)c1cc2c(c(C(F)(F)F)c1)CN(c1cccc(C3(c4nncn4C)CC(C)C3)c1)C2=O. The minimum absolute atomic E-state index is 0.0149. The van der Waals surface area contributed by atoms with E-state index in [1.54, 1.807) is 32.3 Å². The smallest absolute Gasteiger partial charge is 0.345 e. The zero-order valence-corrected chi connectivity index (χ0v) is 24.7. The average Bonchev–Trinajstić information content (AvgIpc) is 3.53. The molecule has 1 saturated carbocycles. The molecule has 5 rings (SSSR count). The summed E-state index contributed by atoms with van der Waals surface area (Å²) in [6.45, 7) is 6.18. The number of hydrogen-bond donors (Lipinski definition) is 2. The van der Waals surface area contributed by atoms with Gasteiger partial charge in [-0.3, -0.25) is 9.59 Å². The Hall–Kier alpha value is -4.17. The van der Waals surface area contributed by atoms with Gasteiger partial charge in [0.15, 0.2) is 0 Å². The molecular weight excluding hydrogens is 557 g/mol. The molecule has 2 N–H and O–H groups in total. The molecule has 3 aromatic rings. The summed E-state index contributed by atoms with van der Waals surface area (Å²) in [7, 11) is 1.90. The molecule has 1 aromatic heterocycles. The summed E-state index contributed by atoms with van der Waals surface area (Å²) < 4.78 is 44.9. The van der Waals surface area contributed by atoms with E-state index >= 15 is 0 Å². The number of fused-ring (bicyclic) bond motifs is 1. The Morgan fingerprint density at radius 1 is 1.21 bits per heavy atom. The summed E-state index contributed by atoms with van der Waals surface area (Å²) in [5, 5.41) is 14.3. The Morgan fingerprint density at radius 2 is 1.98 bits per heavy atom. The minimum atomic E-state index is -4.63. The van der Waals surface area contributed by atoms with Crippen LogP contribution in [0.1, 0.15) is 84.5 Å². The van der Waals surface area contributed by atoms with Crippen LogP contribution in [-0.4, -0.2) is 39.7 Å². The normalized spacial score (nSPS) is 20.2. The second kappa shape index (κ2) is 11.8. The Morgan fingerprint density at radius 3 is 2.63 bits per heavy atom. The first-order valence-electron chi connectivity index (χ1n) is 14.4. The molecule has 1 fully saturated rings. The lowest BCUT2D eigenvalue weighted by Crippen LogP contribution is -2.43. The fourth-order valence-corrected chi connectivity index (χ4v) is 6.39. The highest BCUT2D eigenvalue weighted by Crippen LogP contribution is 2.52. The monoisotopic (exact) mass is 592 g/mol. The molecule has 43 heavy (non-hydrogen) atoms. The predicted octanol–water partition coefficient (Wildman–Crippen LogP) is 4.89. The van der Waals surface area contributed by atoms with Gasteiger partial charge in [-0.1, -0.05) is 25.0 Å². The van der Waals surface area contributed by atoms with Crippen LogP contribution in [0.4, 0.5) is 18.9 Å². The lowest BCUT2D eigenvalue weighted by atomic mass is 9.58. The standard InChI is InChI=1S/C32H35F3N6O2/c1-5-8-28(42)37-12-7-11-36-21(3)22-13-25-26(27(14-22)32(33,34)35)18-41(29(25)43)24-10-6-9-23(15-24)31(16-20(2)17-31)30-39-38-19-40(30)4/h6,9-10,13-15,19-21,36H,7,11-12,16-18H2,1-4H3,(H,37,42). The highest BCUT2D eigenvalue weighted by Gasteiger charge is 2.48. The number of aryl methyl sites for hydroxylation is 1. The first kappa shape index (κ1) is 30.3. The van der Waals surface area contributed by atoms with E-state index in [9.17, 15) is 22.8 Å². The van der Waals surface area contributed by atoms with Crippen LogP contribution in [0, 0.1) is 17.8 Å². The van der Waals surface area contributed by atoms with Gasteiger partial charge in [0, 0.05) is 30.9 Å². The third kappa shape index (κ3) is 5.89. The number of rotatable bonds is 9. The number of carbonyl (C=O) groups excluding carboxylic acids is 2. The molecular formula is C32H35F3N6O2. The minimum Gasteiger partial charge on any atom is -0.345 e. The molecule has 11 heteroatoms. The van der Waals surface area contributed by atoms with Crippen molar-refractivity contribution in [2.24, 2.45) is 13.0 Å². The molecule has 2 heterocycles. The molecule has 2 aromatic carbocycles. The van der Waals surface area contributed by atoms with Crippen molar-refractivity contribution in [3.05, 3.63) is 76.4 Å². The zero-order valence-electron chi connectivity index (χ0n) is 24.7. The van der Waals surface area contributed by atoms with E-state index in [-0.39, 0.29) is 29.0 Å². The number of hydrogen-bond acceptors (Lipinski definition) is 5. The van der Waals surface area contributed by atoms with E-state index in [1.165, 1.54) is 4.90 Å². The van der Waals surface area contributed by atoms with E-state index in [0.29, 0.717) is 36.7 Å². The summed E-state index contributed by atoms with van der Waals surface area (Å²) in [6.07, 6.45) is -0.668. The molecule has 1 atom stereocenters. The van der Waals surface area contributed by atoms with Crippen LogP contribution in [-0.2, 0) is 30.0 Å². The van der Waals surface area contributed by atoms with Crippen molar-refractivity contribution in [2.45, 2.75) is 64.2 Å². The van der Waals surface area contributed by atoms with Gasteiger partial charge in [0.2, 0.25) is 0 Å². The van der Waals surface area contributed by atoms with Gasteiger partial charge >= 0.3 is 6.18 Å². The van der Waals surface area contributed by atoms with Crippen LogP contribution in [0.15, 0.2) is 42.7 Å². The Bertz CT molecular complexity index is 1600. The van der Waals surface area contributed by atoms with Gasteiger partial charge in [0.1, 0.15) is 12.2 Å². The van der Waals surface area contributed by atoms with Crippen molar-refractivity contribution in [1.29, 1.82) is 0 Å². The van der Waals surface area contributed by atoms with Crippen LogP contribution in [0.5, 0.6) is 0 Å². The summed E-state index contributed by atoms with van der Waals surface area (Å²) in [5.41, 5.74) is 0.780. The molecule has 0 bridgehead atoms. The summed E-state index contributed by atoms with van der Waals surface area (Å²) in [6, 6.07) is 9.78. The summed E-state index contributed by atoms with van der Waals surface area (Å²) >= 11 is 0. The Labute approximate surface area is 249 Å². The van der Waals surface area contributed by atoms with Crippen molar-refractivity contribution in [1.82, 2.24) is 25.4 Å². The van der Waals surface area contributed by atoms with Crippen LogP contribution in [0.25, 0.3) is 0 Å². The molecule has 0 radical (unpaired) electrons. The van der Waals surface area contributed by atoms with Gasteiger partial charge in [-0.2, -0.15) is 13.2 Å². The molecule has 0 saturated heterocycles. The highest BCUT2D eigenvalue weighted by molar-refractivity contribution is 6.10. The predicted molar refractivity (Wildman–Crippen MR) is 156 cm³/mol. The van der Waals surface area contributed by atoms with Crippen molar-refractivity contribution >= 4 is 17.5 Å². The van der Waals surface area contributed by atoms with E-state index < -0.39 is 23.7 Å². The number of nitrogens with one attached hydrogen (secondary N) is 2. The molecule has 1 aliphatic carbocycles. The number of benzene rings is 2. The molecule has 8 nitrogen and oxygen atoms in total. The molecule has 226 valence electrons. The second-order valence-corrected chi connectivity index (χ2v) is 11.6. The van der Waals surface area contributed by atoms with Gasteiger partial charge in [0.05, 0.1) is 17.5 Å². The first-order chi connectivity index (χ1) is 20.4. The van der Waals surface area contributed by atoms with Crippen LogP contribution < -0.4 is 15.5 Å². The molecule has 1 unspecified atom stereocenters. The highest BCUT2D eigenvalue weighted by atomic mass is 19.4. The number of anilines is 1. The number of halogens is 3. The maximum Gasteiger partial charge on any atom is 0.416 e. The van der Waals surface area contributed by atoms with Gasteiger partial charge in [-0.05, 0) is 92.4 Å². The quantitative estimate of drug-likeness (QED) is 0.273. The molecule has 1 aliphatic heterocycles. The summed E-state index contributed by atoms with van der Waals surface area (Å²) in [4.78, 5) is 26.6. The average molecular weight is 593 g/mol. The topological polar surface area (TPSA) is 92.2 Å². The maximum absolute atomic E-state index is 14.3. The van der Waals surface area contributed by atoms with Crippen molar-refractivity contribution in [2.75, 3.05) is 18.0 Å². The van der Waals surface area contributed by atoms with Crippen molar-refractivity contribution in [3.8, 4) is 11.8 Å². The second-order valence-electron chi connectivity index (χ2n) is 11.6. The van der Waals surface area contributed by atoms with Crippen LogP contribution in [0.3, 0.4) is 0 Å². The number of carbonyl (C=O) groups is 2. The lowest BCUT2D eigenvalue weighted by molar-refractivity contribution is -0.138. The molecule has 0 spiro atoms. The number of alkyl halides is 3. The van der Waals surface area contributed by atoms with Crippen LogP contribution >= 0.6 is 0 Å². The number of nitrogens with zero attached hydrogens (tertiary/aromatic N) is 4. The lowest BCUT2D eigenvalue weighted by Gasteiger charge is -2.46. The third-order valence-corrected chi connectivity index (χ3v) is 8.44. The Balaban J connectivity index is 1.39. The fourth-order valence-electron chi connectivity index (χ4n) is 6.39. The van der Waals surface area contributed by atoms with E-state index in [0.717, 1.165) is 30.3 Å². The first-order valence-corrected chi connectivity index (χ1v) is 14.4. The van der Waals surface area contributed by atoms with Crippen molar-refractivity contribution < 1.29 is 22.8 Å². The third-order valence-electron chi connectivity index (χ3n) is 8.44. The summed E-state index contributed by atoms with van der Waals surface area (Å²) in [5.74, 6) is 5.40. The maximum atomic E-state index is 14.3. The molecule has 2 amide bonds. The Kier molecular flexibility index (Phi) is 8.34. The largest absolute Gasteiger partial charge is 0.416 e. The van der Waals surface area contributed by atoms with Gasteiger partial charge in [-0.25, -0.2) is 0 Å². The number of amides is 2. The molecule has 2 aliphatic rings.